The van der Waals surface area contributed by atoms with Gasteiger partial charge in [0.25, 0.3) is 0 Å². The van der Waals surface area contributed by atoms with Gasteiger partial charge in [-0.05, 0) is 42.8 Å². The van der Waals surface area contributed by atoms with Gasteiger partial charge in [0.1, 0.15) is 5.65 Å². The summed E-state index contributed by atoms with van der Waals surface area (Å²) in [6, 6.07) is 21.1. The summed E-state index contributed by atoms with van der Waals surface area (Å²) in [5.41, 5.74) is 5.45. The molecule has 1 fully saturated rings. The van der Waals surface area contributed by atoms with Gasteiger partial charge in [-0.1, -0.05) is 36.4 Å². The third-order valence-electron chi connectivity index (χ3n) is 5.69. The van der Waals surface area contributed by atoms with Crippen LogP contribution in [0.5, 0.6) is 0 Å². The van der Waals surface area contributed by atoms with Crippen LogP contribution >= 0.6 is 0 Å². The minimum absolute atomic E-state index is 0.0242. The number of nitrogens with zero attached hydrogens (tertiary/aromatic N) is 3. The number of aryl methyl sites for hydroxylation is 1. The molecule has 1 aliphatic rings. The van der Waals surface area contributed by atoms with Crippen molar-refractivity contribution in [1.29, 1.82) is 0 Å². The monoisotopic (exact) mass is 410 g/mol. The predicted molar refractivity (Wildman–Crippen MR) is 121 cm³/mol. The number of rotatable bonds is 4. The number of hydrogen-bond acceptors (Lipinski definition) is 3. The van der Waals surface area contributed by atoms with Crippen LogP contribution < -0.4 is 10.2 Å². The summed E-state index contributed by atoms with van der Waals surface area (Å²) in [5.74, 6) is -0.527. The van der Waals surface area contributed by atoms with E-state index in [-0.39, 0.29) is 24.2 Å². The molecular weight excluding hydrogens is 388 g/mol. The molecule has 1 atom stereocenters. The lowest BCUT2D eigenvalue weighted by molar-refractivity contribution is -0.122. The van der Waals surface area contributed by atoms with Crippen molar-refractivity contribution < 1.29 is 9.59 Å². The van der Waals surface area contributed by atoms with Crippen LogP contribution in [0.25, 0.3) is 16.9 Å². The summed E-state index contributed by atoms with van der Waals surface area (Å²) in [6.45, 7) is 2.44. The van der Waals surface area contributed by atoms with Crippen molar-refractivity contribution in [3.63, 3.8) is 0 Å². The third kappa shape index (κ3) is 3.68. The molecule has 6 nitrogen and oxygen atoms in total. The van der Waals surface area contributed by atoms with E-state index in [1.54, 1.807) is 4.90 Å². The number of fused-ring (bicyclic) bond motifs is 1. The molecule has 4 aromatic rings. The molecule has 5 rings (SSSR count). The molecule has 3 heterocycles. The van der Waals surface area contributed by atoms with E-state index in [1.807, 2.05) is 90.4 Å². The van der Waals surface area contributed by atoms with Crippen molar-refractivity contribution in [2.45, 2.75) is 13.3 Å². The zero-order valence-corrected chi connectivity index (χ0v) is 17.2. The Kier molecular flexibility index (Phi) is 4.75. The van der Waals surface area contributed by atoms with E-state index in [0.29, 0.717) is 12.2 Å². The van der Waals surface area contributed by atoms with Crippen LogP contribution in [0.1, 0.15) is 12.0 Å². The predicted octanol–water partition coefficient (Wildman–Crippen LogP) is 4.30. The number of carbonyl (C=O) groups is 2. The number of pyridine rings is 1. The summed E-state index contributed by atoms with van der Waals surface area (Å²) in [4.78, 5) is 31.5. The average molecular weight is 410 g/mol. The zero-order chi connectivity index (χ0) is 21.4. The minimum Gasteiger partial charge on any atom is -0.326 e. The molecule has 0 unspecified atom stereocenters. The fourth-order valence-electron chi connectivity index (χ4n) is 4.00. The Labute approximate surface area is 180 Å². The highest BCUT2D eigenvalue weighted by atomic mass is 16.2. The molecule has 1 aliphatic heterocycles. The second-order valence-electron chi connectivity index (χ2n) is 7.86. The van der Waals surface area contributed by atoms with Gasteiger partial charge < -0.3 is 14.6 Å². The Bertz CT molecular complexity index is 1260. The van der Waals surface area contributed by atoms with E-state index >= 15 is 0 Å². The fourth-order valence-corrected chi connectivity index (χ4v) is 4.00. The number of carbonyl (C=O) groups excluding carboxylic acids is 2. The van der Waals surface area contributed by atoms with Gasteiger partial charge in [-0.25, -0.2) is 4.98 Å². The third-order valence-corrected chi connectivity index (χ3v) is 5.69. The van der Waals surface area contributed by atoms with E-state index in [1.165, 1.54) is 0 Å². The first kappa shape index (κ1) is 19.1. The number of para-hydroxylation sites is 1. The molecule has 2 aromatic heterocycles. The molecule has 6 heteroatoms. The summed E-state index contributed by atoms with van der Waals surface area (Å²) < 4.78 is 2.01. The fraction of sp³-hybridized carbons (Fsp3) is 0.160. The maximum atomic E-state index is 12.7. The Morgan fingerprint density at radius 2 is 1.81 bits per heavy atom. The zero-order valence-electron chi connectivity index (χ0n) is 17.2. The Morgan fingerprint density at radius 1 is 1.03 bits per heavy atom. The van der Waals surface area contributed by atoms with Crippen LogP contribution in [-0.4, -0.2) is 27.7 Å². The molecule has 0 radical (unpaired) electrons. The van der Waals surface area contributed by atoms with Crippen LogP contribution in [0.3, 0.4) is 0 Å². The molecule has 2 aromatic carbocycles. The summed E-state index contributed by atoms with van der Waals surface area (Å²) in [5, 5.41) is 2.95. The van der Waals surface area contributed by atoms with Gasteiger partial charge >= 0.3 is 0 Å². The van der Waals surface area contributed by atoms with Crippen LogP contribution in [-0.2, 0) is 9.59 Å². The number of amides is 2. The van der Waals surface area contributed by atoms with Crippen molar-refractivity contribution >= 4 is 28.8 Å². The summed E-state index contributed by atoms with van der Waals surface area (Å²) >= 11 is 0. The Morgan fingerprint density at radius 3 is 2.55 bits per heavy atom. The van der Waals surface area contributed by atoms with E-state index in [2.05, 4.69) is 5.32 Å². The molecule has 31 heavy (non-hydrogen) atoms. The second kappa shape index (κ2) is 7.72. The average Bonchev–Trinajstić information content (AvgIpc) is 3.40. The summed E-state index contributed by atoms with van der Waals surface area (Å²) in [7, 11) is 0. The van der Waals surface area contributed by atoms with Crippen LogP contribution in [0.2, 0.25) is 0 Å². The smallest absolute Gasteiger partial charge is 0.229 e. The SMILES string of the molecule is Cc1cccn2cc(-c3ccc(NC(=O)[C@H]4CC(=O)N(c5ccccc5)C4)cc3)nc12. The maximum absolute atomic E-state index is 12.7. The quantitative estimate of drug-likeness (QED) is 0.545. The number of imidazole rings is 1. The van der Waals surface area contributed by atoms with Crippen molar-refractivity contribution in [3.05, 3.63) is 84.7 Å². The molecule has 1 N–H and O–H groups in total. The topological polar surface area (TPSA) is 66.7 Å². The maximum Gasteiger partial charge on any atom is 0.229 e. The number of benzene rings is 2. The lowest BCUT2D eigenvalue weighted by atomic mass is 10.1. The number of nitrogens with one attached hydrogen (secondary N) is 1. The van der Waals surface area contributed by atoms with Crippen molar-refractivity contribution in [1.82, 2.24) is 9.38 Å². The van der Waals surface area contributed by atoms with Gasteiger partial charge in [-0.3, -0.25) is 9.59 Å². The van der Waals surface area contributed by atoms with Crippen LogP contribution in [0, 0.1) is 12.8 Å². The highest BCUT2D eigenvalue weighted by Gasteiger charge is 2.35. The lowest BCUT2D eigenvalue weighted by Crippen LogP contribution is -2.28. The molecule has 0 bridgehead atoms. The van der Waals surface area contributed by atoms with Crippen LogP contribution in [0.15, 0.2) is 79.1 Å². The molecule has 0 saturated carbocycles. The molecule has 154 valence electrons. The first-order valence-electron chi connectivity index (χ1n) is 10.3. The van der Waals surface area contributed by atoms with Gasteiger partial charge in [0.15, 0.2) is 0 Å². The number of hydrogen-bond donors (Lipinski definition) is 1. The number of anilines is 2. The van der Waals surface area contributed by atoms with Crippen molar-refractivity contribution in [3.8, 4) is 11.3 Å². The molecule has 0 aliphatic carbocycles. The second-order valence-corrected chi connectivity index (χ2v) is 7.86. The van der Waals surface area contributed by atoms with E-state index in [0.717, 1.165) is 28.2 Å². The molecule has 0 spiro atoms. The van der Waals surface area contributed by atoms with Crippen molar-refractivity contribution in [2.24, 2.45) is 5.92 Å². The van der Waals surface area contributed by atoms with Crippen molar-refractivity contribution in [2.75, 3.05) is 16.8 Å². The van der Waals surface area contributed by atoms with E-state index in [9.17, 15) is 9.59 Å². The van der Waals surface area contributed by atoms with Gasteiger partial charge in [0, 0.05) is 42.3 Å². The standard InChI is InChI=1S/C25H22N4O2/c1-17-6-5-13-28-16-22(27-24(17)28)18-9-11-20(12-10-18)26-25(31)19-14-23(30)29(15-19)21-7-3-2-4-8-21/h2-13,16,19H,14-15H2,1H3,(H,26,31)/t19-/m0/s1. The molecule has 2 amide bonds. The van der Waals surface area contributed by atoms with E-state index in [4.69, 9.17) is 4.98 Å². The first-order valence-corrected chi connectivity index (χ1v) is 10.3. The molecular formula is C25H22N4O2. The summed E-state index contributed by atoms with van der Waals surface area (Å²) in [6.07, 6.45) is 4.20. The highest BCUT2D eigenvalue weighted by molar-refractivity contribution is 6.03. The first-order chi connectivity index (χ1) is 15.1. The van der Waals surface area contributed by atoms with Gasteiger partial charge in [-0.2, -0.15) is 0 Å². The molecule has 1 saturated heterocycles. The highest BCUT2D eigenvalue weighted by Crippen LogP contribution is 2.27. The van der Waals surface area contributed by atoms with Gasteiger partial charge in [-0.15, -0.1) is 0 Å². The van der Waals surface area contributed by atoms with Gasteiger partial charge in [0.05, 0.1) is 11.6 Å². The minimum atomic E-state index is -0.367. The van der Waals surface area contributed by atoms with Gasteiger partial charge in [0.2, 0.25) is 11.8 Å². The largest absolute Gasteiger partial charge is 0.326 e. The lowest BCUT2D eigenvalue weighted by Gasteiger charge is -2.16. The Hall–Kier alpha value is -3.93. The van der Waals surface area contributed by atoms with Crippen LogP contribution in [0.4, 0.5) is 11.4 Å². The Balaban J connectivity index is 1.28. The van der Waals surface area contributed by atoms with E-state index < -0.39 is 0 Å². The number of aromatic nitrogens is 2. The normalized spacial score (nSPS) is 16.1.